The number of aryl methyl sites for hydroxylation is 1. The highest BCUT2D eigenvalue weighted by Gasteiger charge is 2.29. The maximum atomic E-state index is 12.7. The van der Waals surface area contributed by atoms with Crippen LogP contribution in [0.15, 0.2) is 29.1 Å². The number of fused-ring (bicyclic) bond motifs is 1. The van der Waals surface area contributed by atoms with Gasteiger partial charge in [-0.3, -0.25) is 9.59 Å². The van der Waals surface area contributed by atoms with Crippen LogP contribution < -0.4 is 5.56 Å². The summed E-state index contributed by atoms with van der Waals surface area (Å²) in [5.74, 6) is 0.876. The van der Waals surface area contributed by atoms with E-state index in [1.807, 2.05) is 16.6 Å². The van der Waals surface area contributed by atoms with Gasteiger partial charge in [0.2, 0.25) is 0 Å². The number of hydrogen-bond acceptors (Lipinski definition) is 6. The second-order valence-corrected chi connectivity index (χ2v) is 8.54. The average molecular weight is 395 g/mol. The molecule has 3 aromatic rings. The van der Waals surface area contributed by atoms with Crippen LogP contribution in [-0.2, 0) is 12.5 Å². The molecule has 1 aliphatic heterocycles. The lowest BCUT2D eigenvalue weighted by molar-refractivity contribution is 0.0702. The molecule has 0 bridgehead atoms. The maximum Gasteiger partial charge on any atom is 0.274 e. The van der Waals surface area contributed by atoms with E-state index in [9.17, 15) is 9.59 Å². The first-order chi connectivity index (χ1) is 13.7. The molecule has 1 aliphatic rings. The normalized spacial score (nSPS) is 15.8. The standard InChI is InChI=1S/C20H25N7O2/c1-20(2,3)15-6-7-16-21-22-18(27(16)24-15)13-9-11-26(12-10-13)19(29)14-5-8-17(28)25(4)23-14/h5-8,13H,9-12H2,1-4H3. The number of likely N-dealkylation sites (tertiary alicyclic amines) is 1. The van der Waals surface area contributed by atoms with Crippen LogP contribution in [0.25, 0.3) is 5.65 Å². The highest BCUT2D eigenvalue weighted by Crippen LogP contribution is 2.28. The van der Waals surface area contributed by atoms with Crippen molar-refractivity contribution in [3.63, 3.8) is 0 Å². The number of piperidine rings is 1. The Kier molecular flexibility index (Phi) is 4.68. The zero-order valence-electron chi connectivity index (χ0n) is 17.2. The summed E-state index contributed by atoms with van der Waals surface area (Å²) in [6, 6.07) is 6.80. The van der Waals surface area contributed by atoms with Crippen LogP contribution in [0.2, 0.25) is 0 Å². The zero-order valence-corrected chi connectivity index (χ0v) is 17.2. The monoisotopic (exact) mass is 395 g/mol. The highest BCUT2D eigenvalue weighted by atomic mass is 16.2. The van der Waals surface area contributed by atoms with Crippen molar-refractivity contribution in [3.05, 3.63) is 51.8 Å². The Labute approximate surface area is 168 Å². The largest absolute Gasteiger partial charge is 0.337 e. The number of carbonyl (C=O) groups is 1. The van der Waals surface area contributed by atoms with Crippen molar-refractivity contribution in [2.24, 2.45) is 7.05 Å². The fourth-order valence-corrected chi connectivity index (χ4v) is 3.58. The third-order valence-electron chi connectivity index (χ3n) is 5.38. The van der Waals surface area contributed by atoms with Crippen LogP contribution in [0, 0.1) is 0 Å². The SMILES string of the molecule is Cn1nc(C(=O)N2CCC(c3nnc4ccc(C(C)(C)C)nn34)CC2)ccc1=O. The molecule has 1 saturated heterocycles. The molecule has 0 aromatic carbocycles. The molecule has 0 spiro atoms. The summed E-state index contributed by atoms with van der Waals surface area (Å²) in [6.07, 6.45) is 1.56. The fourth-order valence-electron chi connectivity index (χ4n) is 3.58. The summed E-state index contributed by atoms with van der Waals surface area (Å²) >= 11 is 0. The lowest BCUT2D eigenvalue weighted by Gasteiger charge is -2.31. The van der Waals surface area contributed by atoms with Gasteiger partial charge in [0, 0.05) is 37.5 Å². The molecule has 9 heteroatoms. The summed E-state index contributed by atoms with van der Waals surface area (Å²) in [6.45, 7) is 7.58. The van der Waals surface area contributed by atoms with Crippen molar-refractivity contribution in [1.29, 1.82) is 0 Å². The minimum Gasteiger partial charge on any atom is -0.337 e. The van der Waals surface area contributed by atoms with E-state index in [0.29, 0.717) is 13.1 Å². The first-order valence-corrected chi connectivity index (χ1v) is 9.80. The van der Waals surface area contributed by atoms with Gasteiger partial charge in [0.05, 0.1) is 5.69 Å². The second-order valence-electron chi connectivity index (χ2n) is 8.54. The van der Waals surface area contributed by atoms with E-state index in [0.717, 1.165) is 30.0 Å². The number of amides is 1. The number of carbonyl (C=O) groups excluding carboxylic acids is 1. The minimum atomic E-state index is -0.235. The average Bonchev–Trinajstić information content (AvgIpc) is 3.12. The van der Waals surface area contributed by atoms with Gasteiger partial charge < -0.3 is 4.90 Å². The molecule has 0 saturated carbocycles. The van der Waals surface area contributed by atoms with E-state index in [1.165, 1.54) is 16.8 Å². The van der Waals surface area contributed by atoms with Crippen LogP contribution in [-0.4, -0.2) is 53.5 Å². The summed E-state index contributed by atoms with van der Waals surface area (Å²) in [4.78, 5) is 26.0. The van der Waals surface area contributed by atoms with E-state index >= 15 is 0 Å². The molecule has 1 fully saturated rings. The van der Waals surface area contributed by atoms with Crippen LogP contribution in [0.3, 0.4) is 0 Å². The van der Waals surface area contributed by atoms with Crippen LogP contribution in [0.4, 0.5) is 0 Å². The van der Waals surface area contributed by atoms with Gasteiger partial charge in [-0.1, -0.05) is 20.8 Å². The quantitative estimate of drug-likeness (QED) is 0.653. The van der Waals surface area contributed by atoms with Gasteiger partial charge in [-0.2, -0.15) is 14.7 Å². The molecule has 4 heterocycles. The van der Waals surface area contributed by atoms with Gasteiger partial charge in [0.15, 0.2) is 11.5 Å². The Morgan fingerprint density at radius 2 is 1.76 bits per heavy atom. The summed E-state index contributed by atoms with van der Waals surface area (Å²) < 4.78 is 3.03. The van der Waals surface area contributed by atoms with E-state index in [-0.39, 0.29) is 28.5 Å². The first kappa shape index (κ1) is 19.2. The van der Waals surface area contributed by atoms with Crippen molar-refractivity contribution in [2.75, 3.05) is 13.1 Å². The Balaban J connectivity index is 1.51. The molecule has 0 N–H and O–H groups in total. The molecule has 0 unspecified atom stereocenters. The highest BCUT2D eigenvalue weighted by molar-refractivity contribution is 5.92. The number of nitrogens with zero attached hydrogens (tertiary/aromatic N) is 7. The molecule has 0 atom stereocenters. The van der Waals surface area contributed by atoms with Gasteiger partial charge in [-0.05, 0) is 31.0 Å². The Morgan fingerprint density at radius 3 is 2.41 bits per heavy atom. The molecule has 1 amide bonds. The van der Waals surface area contributed by atoms with Crippen molar-refractivity contribution in [3.8, 4) is 0 Å². The van der Waals surface area contributed by atoms with E-state index in [1.54, 1.807) is 11.9 Å². The van der Waals surface area contributed by atoms with Gasteiger partial charge in [-0.15, -0.1) is 10.2 Å². The first-order valence-electron chi connectivity index (χ1n) is 9.80. The number of aromatic nitrogens is 6. The van der Waals surface area contributed by atoms with Crippen LogP contribution >= 0.6 is 0 Å². The van der Waals surface area contributed by atoms with E-state index < -0.39 is 0 Å². The maximum absolute atomic E-state index is 12.7. The summed E-state index contributed by atoms with van der Waals surface area (Å²) in [5, 5.41) is 17.5. The predicted octanol–water partition coefficient (Wildman–Crippen LogP) is 1.54. The molecule has 4 rings (SSSR count). The second kappa shape index (κ2) is 7.06. The third kappa shape index (κ3) is 3.64. The number of rotatable bonds is 2. The van der Waals surface area contributed by atoms with Gasteiger partial charge in [0.25, 0.3) is 11.5 Å². The van der Waals surface area contributed by atoms with Crippen molar-refractivity contribution < 1.29 is 4.79 Å². The Bertz CT molecular complexity index is 1120. The molecule has 0 aliphatic carbocycles. The van der Waals surface area contributed by atoms with Gasteiger partial charge >= 0.3 is 0 Å². The van der Waals surface area contributed by atoms with Crippen LogP contribution in [0.5, 0.6) is 0 Å². The number of hydrogen-bond donors (Lipinski definition) is 0. The smallest absolute Gasteiger partial charge is 0.274 e. The molecule has 152 valence electrons. The molecular weight excluding hydrogens is 370 g/mol. The molecule has 29 heavy (non-hydrogen) atoms. The lowest BCUT2D eigenvalue weighted by Crippen LogP contribution is -2.39. The van der Waals surface area contributed by atoms with Crippen LogP contribution in [0.1, 0.15) is 61.5 Å². The summed E-state index contributed by atoms with van der Waals surface area (Å²) in [7, 11) is 1.54. The Morgan fingerprint density at radius 1 is 1.03 bits per heavy atom. The topological polar surface area (TPSA) is 98.3 Å². The third-order valence-corrected chi connectivity index (χ3v) is 5.38. The molecule has 3 aromatic heterocycles. The van der Waals surface area contributed by atoms with Gasteiger partial charge in [0.1, 0.15) is 5.69 Å². The molecule has 9 nitrogen and oxygen atoms in total. The predicted molar refractivity (Wildman–Crippen MR) is 107 cm³/mol. The van der Waals surface area contributed by atoms with Crippen molar-refractivity contribution in [2.45, 2.75) is 44.9 Å². The zero-order chi connectivity index (χ0) is 20.8. The fraction of sp³-hybridized carbons (Fsp3) is 0.500. The van der Waals surface area contributed by atoms with Gasteiger partial charge in [-0.25, -0.2) is 4.68 Å². The van der Waals surface area contributed by atoms with E-state index in [2.05, 4.69) is 36.1 Å². The Hall–Kier alpha value is -3.10. The lowest BCUT2D eigenvalue weighted by atomic mass is 9.92. The van der Waals surface area contributed by atoms with Crippen molar-refractivity contribution in [1.82, 2.24) is 34.5 Å². The molecular formula is C20H25N7O2. The van der Waals surface area contributed by atoms with Crippen molar-refractivity contribution >= 4 is 11.6 Å². The minimum absolute atomic E-state index is 0.0612. The molecule has 0 radical (unpaired) electrons. The van der Waals surface area contributed by atoms with E-state index in [4.69, 9.17) is 5.10 Å². The summed E-state index contributed by atoms with van der Waals surface area (Å²) in [5.41, 5.74) is 1.71.